The molecule has 0 spiro atoms. The highest BCUT2D eigenvalue weighted by Crippen LogP contribution is 2.43. The van der Waals surface area contributed by atoms with Crippen molar-refractivity contribution >= 4 is 5.91 Å². The lowest BCUT2D eigenvalue weighted by molar-refractivity contribution is -0.140. The van der Waals surface area contributed by atoms with E-state index < -0.39 is 35.3 Å². The number of benzene rings is 1. The average Bonchev–Trinajstić information content (AvgIpc) is 3.11. The Morgan fingerprint density at radius 2 is 1.85 bits per heavy atom. The van der Waals surface area contributed by atoms with Crippen molar-refractivity contribution in [1.29, 1.82) is 0 Å². The quantitative estimate of drug-likeness (QED) is 0.848. The highest BCUT2D eigenvalue weighted by atomic mass is 19.4. The third kappa shape index (κ3) is 3.08. The number of hydrogen-bond donors (Lipinski definition) is 1. The number of carbonyl (C=O) groups excluding carboxylic acids is 1. The third-order valence-electron chi connectivity index (χ3n) is 3.18. The van der Waals surface area contributed by atoms with E-state index in [9.17, 15) is 26.7 Å². The van der Waals surface area contributed by atoms with Crippen molar-refractivity contribution in [2.45, 2.75) is 32.0 Å². The molecule has 1 fully saturated rings. The van der Waals surface area contributed by atoms with E-state index in [0.29, 0.717) is 18.9 Å². The summed E-state index contributed by atoms with van der Waals surface area (Å²) in [4.78, 5) is 11.1. The number of halogens is 5. The van der Waals surface area contributed by atoms with Gasteiger partial charge >= 0.3 is 6.18 Å². The molecule has 1 aliphatic rings. The van der Waals surface area contributed by atoms with Gasteiger partial charge in [0, 0.05) is 12.5 Å². The highest BCUT2D eigenvalue weighted by molar-refractivity contribution is 5.73. The Morgan fingerprint density at radius 3 is 2.30 bits per heavy atom. The van der Waals surface area contributed by atoms with E-state index in [1.54, 1.807) is 0 Å². The molecule has 20 heavy (non-hydrogen) atoms. The molecule has 1 aromatic carbocycles. The predicted octanol–water partition coefficient (Wildman–Crippen LogP) is 3.57. The number of hydrogen-bond acceptors (Lipinski definition) is 1. The fourth-order valence-corrected chi connectivity index (χ4v) is 2.12. The molecule has 7 heteroatoms. The smallest absolute Gasteiger partial charge is 0.349 e. The van der Waals surface area contributed by atoms with Gasteiger partial charge in [-0.1, -0.05) is 0 Å². The molecular formula is C13H12F5NO. The number of alkyl halides is 3. The van der Waals surface area contributed by atoms with Crippen LogP contribution in [0.1, 0.15) is 36.9 Å². The zero-order valence-corrected chi connectivity index (χ0v) is 10.5. The molecule has 0 radical (unpaired) electrons. The molecule has 110 valence electrons. The van der Waals surface area contributed by atoms with Crippen molar-refractivity contribution in [3.05, 3.63) is 34.9 Å². The van der Waals surface area contributed by atoms with Gasteiger partial charge < -0.3 is 5.32 Å². The van der Waals surface area contributed by atoms with Crippen LogP contribution in [0.5, 0.6) is 0 Å². The zero-order valence-electron chi connectivity index (χ0n) is 10.5. The summed E-state index contributed by atoms with van der Waals surface area (Å²) in [6.07, 6.45) is -3.52. The fourth-order valence-electron chi connectivity index (χ4n) is 2.12. The van der Waals surface area contributed by atoms with Crippen LogP contribution < -0.4 is 5.32 Å². The topological polar surface area (TPSA) is 29.1 Å². The summed E-state index contributed by atoms with van der Waals surface area (Å²) in [5.41, 5.74) is -1.88. The minimum absolute atomic E-state index is 0.0652. The van der Waals surface area contributed by atoms with Gasteiger partial charge in [-0.3, -0.25) is 4.79 Å². The van der Waals surface area contributed by atoms with Crippen LogP contribution in [0.25, 0.3) is 0 Å². The van der Waals surface area contributed by atoms with Crippen LogP contribution in [0.3, 0.4) is 0 Å². The van der Waals surface area contributed by atoms with E-state index >= 15 is 0 Å². The second-order valence-electron chi connectivity index (χ2n) is 4.87. The highest BCUT2D eigenvalue weighted by Gasteiger charge is 2.38. The first-order valence-electron chi connectivity index (χ1n) is 6.03. The first kappa shape index (κ1) is 14.7. The van der Waals surface area contributed by atoms with Gasteiger partial charge in [0.1, 0.15) is 11.6 Å². The summed E-state index contributed by atoms with van der Waals surface area (Å²) >= 11 is 0. The Morgan fingerprint density at radius 1 is 1.25 bits per heavy atom. The lowest BCUT2D eigenvalue weighted by Crippen LogP contribution is -2.28. The predicted molar refractivity (Wildman–Crippen MR) is 60.6 cm³/mol. The number of rotatable bonds is 3. The summed E-state index contributed by atoms with van der Waals surface area (Å²) in [7, 11) is 0. The summed E-state index contributed by atoms with van der Waals surface area (Å²) in [6.45, 7) is 1.22. The molecule has 0 aromatic heterocycles. The van der Waals surface area contributed by atoms with Gasteiger partial charge in [-0.25, -0.2) is 8.78 Å². The zero-order chi connectivity index (χ0) is 15.1. The molecule has 0 bridgehead atoms. The Hall–Kier alpha value is -1.66. The second-order valence-corrected chi connectivity index (χ2v) is 4.87. The Labute approximate surface area is 112 Å². The molecule has 1 saturated carbocycles. The van der Waals surface area contributed by atoms with Crippen molar-refractivity contribution in [3.8, 4) is 0 Å². The van der Waals surface area contributed by atoms with Crippen molar-refractivity contribution in [3.63, 3.8) is 0 Å². The van der Waals surface area contributed by atoms with E-state index in [1.165, 1.54) is 6.92 Å². The molecule has 0 heterocycles. The SMILES string of the molecule is CC(=O)N[C@@H](c1cc(F)c(C(F)(F)F)cc1F)C1CC1. The second kappa shape index (κ2) is 5.03. The molecule has 2 rings (SSSR count). The molecule has 0 saturated heterocycles. The molecule has 1 N–H and O–H groups in total. The van der Waals surface area contributed by atoms with E-state index in [2.05, 4.69) is 5.32 Å². The Kier molecular flexibility index (Phi) is 3.71. The van der Waals surface area contributed by atoms with Crippen molar-refractivity contribution < 1.29 is 26.7 Å². The normalized spacial score (nSPS) is 16.9. The van der Waals surface area contributed by atoms with Gasteiger partial charge in [0.15, 0.2) is 0 Å². The van der Waals surface area contributed by atoms with Crippen LogP contribution in [0, 0.1) is 17.6 Å². The standard InChI is InChI=1S/C13H12F5NO/c1-6(20)19-12(7-2-3-7)8-4-11(15)9(5-10(8)14)13(16,17)18/h4-5,7,12H,2-3H2,1H3,(H,19,20)/t12-/m1/s1. The molecule has 0 aliphatic heterocycles. The minimum Gasteiger partial charge on any atom is -0.349 e. The maximum Gasteiger partial charge on any atom is 0.419 e. The monoisotopic (exact) mass is 293 g/mol. The number of nitrogens with one attached hydrogen (secondary N) is 1. The van der Waals surface area contributed by atoms with Crippen LogP contribution in [-0.2, 0) is 11.0 Å². The van der Waals surface area contributed by atoms with Gasteiger partial charge in [0.25, 0.3) is 0 Å². The van der Waals surface area contributed by atoms with Gasteiger partial charge in [-0.2, -0.15) is 13.2 Å². The van der Waals surface area contributed by atoms with Gasteiger partial charge in [-0.15, -0.1) is 0 Å². The van der Waals surface area contributed by atoms with Crippen LogP contribution in [0.2, 0.25) is 0 Å². The number of amides is 1. The minimum atomic E-state index is -4.95. The summed E-state index contributed by atoms with van der Waals surface area (Å²) in [6, 6.07) is -0.122. The van der Waals surface area contributed by atoms with Crippen molar-refractivity contribution in [1.82, 2.24) is 5.32 Å². The van der Waals surface area contributed by atoms with E-state index in [4.69, 9.17) is 0 Å². The molecule has 2 nitrogen and oxygen atoms in total. The van der Waals surface area contributed by atoms with Gasteiger partial charge in [0.05, 0.1) is 11.6 Å². The summed E-state index contributed by atoms with van der Waals surface area (Å²) in [5, 5.41) is 2.46. The third-order valence-corrected chi connectivity index (χ3v) is 3.18. The lowest BCUT2D eigenvalue weighted by Gasteiger charge is -2.20. The van der Waals surface area contributed by atoms with E-state index in [-0.39, 0.29) is 17.5 Å². The summed E-state index contributed by atoms with van der Waals surface area (Å²) in [5.74, 6) is -3.21. The maximum atomic E-state index is 13.8. The largest absolute Gasteiger partial charge is 0.419 e. The first-order valence-corrected chi connectivity index (χ1v) is 6.03. The first-order chi connectivity index (χ1) is 9.20. The number of carbonyl (C=O) groups is 1. The summed E-state index contributed by atoms with van der Waals surface area (Å²) < 4.78 is 64.7. The van der Waals surface area contributed by atoms with Crippen LogP contribution >= 0.6 is 0 Å². The van der Waals surface area contributed by atoms with Crippen molar-refractivity contribution in [2.24, 2.45) is 5.92 Å². The molecular weight excluding hydrogens is 281 g/mol. The maximum absolute atomic E-state index is 13.8. The van der Waals surface area contributed by atoms with E-state index in [1.807, 2.05) is 0 Å². The molecule has 1 aliphatic carbocycles. The van der Waals surface area contributed by atoms with Crippen LogP contribution in [0.15, 0.2) is 12.1 Å². The van der Waals surface area contributed by atoms with Gasteiger partial charge in [-0.05, 0) is 30.9 Å². The molecule has 0 unspecified atom stereocenters. The van der Waals surface area contributed by atoms with Gasteiger partial charge in [0.2, 0.25) is 5.91 Å². The van der Waals surface area contributed by atoms with Crippen LogP contribution in [-0.4, -0.2) is 5.91 Å². The molecule has 1 amide bonds. The fraction of sp³-hybridized carbons (Fsp3) is 0.462. The molecule has 1 aromatic rings. The lowest BCUT2D eigenvalue weighted by atomic mass is 9.99. The van der Waals surface area contributed by atoms with E-state index in [0.717, 1.165) is 0 Å². The van der Waals surface area contributed by atoms with Crippen molar-refractivity contribution in [2.75, 3.05) is 0 Å². The Bertz CT molecular complexity index is 536. The van der Waals surface area contributed by atoms with Crippen LogP contribution in [0.4, 0.5) is 22.0 Å². The Balaban J connectivity index is 2.41. The molecule has 1 atom stereocenters. The average molecular weight is 293 g/mol.